The molecule has 5 heteroatoms. The van der Waals surface area contributed by atoms with Crippen molar-refractivity contribution < 1.29 is 9.53 Å². The predicted octanol–water partition coefficient (Wildman–Crippen LogP) is 1.55. The number of rotatable bonds is 3. The molecule has 16 heavy (non-hydrogen) atoms. The molecule has 1 aromatic rings. The number of carbonyl (C=O) groups is 1. The molecule has 1 saturated carbocycles. The zero-order valence-corrected chi connectivity index (χ0v) is 10.3. The van der Waals surface area contributed by atoms with E-state index in [9.17, 15) is 4.79 Å². The van der Waals surface area contributed by atoms with Crippen LogP contribution in [0, 0.1) is 6.92 Å². The van der Waals surface area contributed by atoms with E-state index in [1.807, 2.05) is 6.92 Å². The lowest BCUT2D eigenvalue weighted by Gasteiger charge is -2.34. The second kappa shape index (κ2) is 4.43. The van der Waals surface area contributed by atoms with Crippen LogP contribution in [0.4, 0.5) is 5.69 Å². The number of amides is 1. The summed E-state index contributed by atoms with van der Waals surface area (Å²) in [5, 5.41) is 2.97. The number of nitrogen functional groups attached to an aromatic ring is 1. The Morgan fingerprint density at radius 3 is 2.81 bits per heavy atom. The minimum absolute atomic E-state index is 0.0237. The first-order chi connectivity index (χ1) is 7.60. The Hall–Kier alpha value is -1.07. The van der Waals surface area contributed by atoms with Crippen LogP contribution in [0.1, 0.15) is 27.4 Å². The van der Waals surface area contributed by atoms with Crippen LogP contribution in [-0.2, 0) is 4.74 Å². The van der Waals surface area contributed by atoms with E-state index in [1.54, 1.807) is 13.2 Å². The van der Waals surface area contributed by atoms with E-state index in [4.69, 9.17) is 10.5 Å². The largest absolute Gasteiger partial charge is 0.398 e. The van der Waals surface area contributed by atoms with E-state index in [2.05, 4.69) is 5.32 Å². The van der Waals surface area contributed by atoms with Crippen molar-refractivity contribution in [2.45, 2.75) is 31.9 Å². The lowest BCUT2D eigenvalue weighted by molar-refractivity contribution is 0.0177. The van der Waals surface area contributed by atoms with Gasteiger partial charge in [0.1, 0.15) is 0 Å². The maximum atomic E-state index is 11.8. The van der Waals surface area contributed by atoms with Gasteiger partial charge in [-0.2, -0.15) is 0 Å². The molecule has 0 aromatic carbocycles. The van der Waals surface area contributed by atoms with E-state index < -0.39 is 0 Å². The van der Waals surface area contributed by atoms with Gasteiger partial charge in [0.25, 0.3) is 5.91 Å². The first-order valence-electron chi connectivity index (χ1n) is 5.29. The smallest absolute Gasteiger partial charge is 0.261 e. The van der Waals surface area contributed by atoms with Crippen molar-refractivity contribution in [3.05, 3.63) is 15.8 Å². The normalized spacial score (nSPS) is 23.9. The number of hydrogen-bond acceptors (Lipinski definition) is 4. The molecule has 1 aliphatic carbocycles. The predicted molar refractivity (Wildman–Crippen MR) is 64.8 cm³/mol. The maximum absolute atomic E-state index is 11.8. The highest BCUT2D eigenvalue weighted by atomic mass is 32.1. The van der Waals surface area contributed by atoms with E-state index in [0.717, 1.165) is 17.7 Å². The van der Waals surface area contributed by atoms with Crippen molar-refractivity contribution in [2.75, 3.05) is 12.8 Å². The average molecular weight is 240 g/mol. The molecule has 88 valence electrons. The number of ether oxygens (including phenoxy) is 1. The number of nitrogens with one attached hydrogen (secondary N) is 1. The number of aryl methyl sites for hydroxylation is 1. The van der Waals surface area contributed by atoms with Gasteiger partial charge in [-0.1, -0.05) is 0 Å². The van der Waals surface area contributed by atoms with E-state index in [1.165, 1.54) is 11.3 Å². The summed E-state index contributed by atoms with van der Waals surface area (Å²) >= 11 is 1.44. The van der Waals surface area contributed by atoms with Gasteiger partial charge in [0.15, 0.2) is 0 Å². The number of nitrogens with two attached hydrogens (primary N) is 1. The van der Waals surface area contributed by atoms with Crippen LogP contribution in [0.2, 0.25) is 0 Å². The van der Waals surface area contributed by atoms with Crippen LogP contribution in [0.15, 0.2) is 6.07 Å². The molecule has 1 heterocycles. The summed E-state index contributed by atoms with van der Waals surface area (Å²) in [4.78, 5) is 13.5. The molecule has 1 aromatic heterocycles. The van der Waals surface area contributed by atoms with Crippen LogP contribution < -0.4 is 11.1 Å². The zero-order chi connectivity index (χ0) is 11.7. The molecule has 0 radical (unpaired) electrons. The molecule has 0 aliphatic heterocycles. The van der Waals surface area contributed by atoms with Crippen molar-refractivity contribution in [1.82, 2.24) is 5.32 Å². The number of anilines is 1. The average Bonchev–Trinajstić information content (AvgIpc) is 2.52. The summed E-state index contributed by atoms with van der Waals surface area (Å²) in [6.07, 6.45) is 2.12. The van der Waals surface area contributed by atoms with Crippen molar-refractivity contribution in [3.8, 4) is 0 Å². The third-order valence-corrected chi connectivity index (χ3v) is 4.01. The van der Waals surface area contributed by atoms with Crippen LogP contribution in [-0.4, -0.2) is 25.2 Å². The minimum Gasteiger partial charge on any atom is -0.398 e. The van der Waals surface area contributed by atoms with Crippen molar-refractivity contribution >= 4 is 22.9 Å². The van der Waals surface area contributed by atoms with Gasteiger partial charge in [0, 0.05) is 23.7 Å². The Bertz CT molecular complexity index is 377. The van der Waals surface area contributed by atoms with Gasteiger partial charge in [0.05, 0.1) is 11.0 Å². The molecule has 0 bridgehead atoms. The van der Waals surface area contributed by atoms with E-state index >= 15 is 0 Å². The summed E-state index contributed by atoms with van der Waals surface area (Å²) in [6, 6.07) is 1.99. The SMILES string of the molecule is COC1CC(NC(=O)c2cc(N)c(C)s2)C1. The minimum atomic E-state index is -0.0237. The molecule has 1 fully saturated rings. The van der Waals surface area contributed by atoms with Crippen molar-refractivity contribution in [2.24, 2.45) is 0 Å². The highest BCUT2D eigenvalue weighted by Crippen LogP contribution is 2.26. The topological polar surface area (TPSA) is 64.3 Å². The number of methoxy groups -OCH3 is 1. The third kappa shape index (κ3) is 2.20. The van der Waals surface area contributed by atoms with Gasteiger partial charge in [0.2, 0.25) is 0 Å². The van der Waals surface area contributed by atoms with Gasteiger partial charge < -0.3 is 15.8 Å². The number of thiophene rings is 1. The summed E-state index contributed by atoms with van der Waals surface area (Å²) < 4.78 is 5.16. The fourth-order valence-electron chi connectivity index (χ4n) is 1.74. The molecule has 2 rings (SSSR count). The highest BCUT2D eigenvalue weighted by Gasteiger charge is 2.30. The molecule has 3 N–H and O–H groups in total. The molecular formula is C11H16N2O2S. The van der Waals surface area contributed by atoms with Gasteiger partial charge in [-0.05, 0) is 25.8 Å². The van der Waals surface area contributed by atoms with E-state index in [-0.39, 0.29) is 11.9 Å². The summed E-state index contributed by atoms with van der Waals surface area (Å²) in [5.74, 6) is -0.0237. The lowest BCUT2D eigenvalue weighted by Crippen LogP contribution is -2.47. The zero-order valence-electron chi connectivity index (χ0n) is 9.45. The van der Waals surface area contributed by atoms with Crippen LogP contribution in [0.3, 0.4) is 0 Å². The summed E-state index contributed by atoms with van der Waals surface area (Å²) in [6.45, 7) is 1.92. The Morgan fingerprint density at radius 2 is 2.31 bits per heavy atom. The van der Waals surface area contributed by atoms with Crippen molar-refractivity contribution in [3.63, 3.8) is 0 Å². The molecule has 1 amide bonds. The second-order valence-electron chi connectivity index (χ2n) is 4.12. The van der Waals surface area contributed by atoms with Gasteiger partial charge in [-0.15, -0.1) is 11.3 Å². The number of carbonyl (C=O) groups excluding carboxylic acids is 1. The molecule has 0 atom stereocenters. The first-order valence-corrected chi connectivity index (χ1v) is 6.11. The first kappa shape index (κ1) is 11.4. The fourth-order valence-corrected chi connectivity index (χ4v) is 2.58. The van der Waals surface area contributed by atoms with Crippen LogP contribution >= 0.6 is 11.3 Å². The molecule has 4 nitrogen and oxygen atoms in total. The van der Waals surface area contributed by atoms with Crippen LogP contribution in [0.25, 0.3) is 0 Å². The molecule has 1 aliphatic rings. The second-order valence-corrected chi connectivity index (χ2v) is 5.38. The Kier molecular flexibility index (Phi) is 3.16. The monoisotopic (exact) mass is 240 g/mol. The Labute approximate surface area is 98.8 Å². The Morgan fingerprint density at radius 1 is 1.62 bits per heavy atom. The fraction of sp³-hybridized carbons (Fsp3) is 0.545. The number of hydrogen-bond donors (Lipinski definition) is 2. The third-order valence-electron chi connectivity index (χ3n) is 2.94. The van der Waals surface area contributed by atoms with Crippen molar-refractivity contribution in [1.29, 1.82) is 0 Å². The maximum Gasteiger partial charge on any atom is 0.261 e. The molecule has 0 unspecified atom stereocenters. The molecular weight excluding hydrogens is 224 g/mol. The Balaban J connectivity index is 1.89. The molecule has 0 spiro atoms. The van der Waals surface area contributed by atoms with Crippen LogP contribution in [0.5, 0.6) is 0 Å². The lowest BCUT2D eigenvalue weighted by atomic mass is 9.89. The van der Waals surface area contributed by atoms with Gasteiger partial charge in [-0.25, -0.2) is 0 Å². The summed E-state index contributed by atoms with van der Waals surface area (Å²) in [5.41, 5.74) is 6.40. The quantitative estimate of drug-likeness (QED) is 0.842. The van der Waals surface area contributed by atoms with Gasteiger partial charge in [-0.3, -0.25) is 4.79 Å². The summed E-state index contributed by atoms with van der Waals surface area (Å²) in [7, 11) is 1.70. The van der Waals surface area contributed by atoms with Gasteiger partial charge >= 0.3 is 0 Å². The molecule has 0 saturated heterocycles. The van der Waals surface area contributed by atoms with E-state index in [0.29, 0.717) is 16.7 Å². The standard InChI is InChI=1S/C11H16N2O2S/c1-6-9(12)5-10(16-6)11(14)13-7-3-8(4-7)15-2/h5,7-8H,3-4,12H2,1-2H3,(H,13,14). The highest BCUT2D eigenvalue weighted by molar-refractivity contribution is 7.14.